The van der Waals surface area contributed by atoms with E-state index in [1.54, 1.807) is 0 Å². The third-order valence-electron chi connectivity index (χ3n) is 2.52. The molecule has 0 spiro atoms. The summed E-state index contributed by atoms with van der Waals surface area (Å²) in [7, 11) is 0. The number of nitrogens with zero attached hydrogens (tertiary/aromatic N) is 3. The number of halogens is 3. The lowest BCUT2D eigenvalue weighted by atomic mass is 10.5. The van der Waals surface area contributed by atoms with E-state index in [1.807, 2.05) is 0 Å². The number of allylic oxidation sites excluding steroid dienone is 3. The summed E-state index contributed by atoms with van der Waals surface area (Å²) in [5.74, 6) is 0. The van der Waals surface area contributed by atoms with Gasteiger partial charge in [-0.3, -0.25) is 0 Å². The van der Waals surface area contributed by atoms with Crippen LogP contribution in [0.15, 0.2) is 51.6 Å². The molecule has 0 aliphatic rings. The van der Waals surface area contributed by atoms with E-state index in [1.165, 1.54) is 0 Å². The average molecular weight is 303 g/mol. The standard InChI is InChI=1S/C12H12F3N3O3/c13-4-1-7-16-10(19)17(8-2-5-14)12(21)18(11(16)20)9-3-6-15/h1-6H,7-9H2. The van der Waals surface area contributed by atoms with Crippen LogP contribution < -0.4 is 17.1 Å². The maximum atomic E-state index is 12.0. The van der Waals surface area contributed by atoms with E-state index >= 15 is 0 Å². The molecule has 0 aliphatic carbocycles. The zero-order valence-electron chi connectivity index (χ0n) is 10.8. The van der Waals surface area contributed by atoms with Crippen molar-refractivity contribution in [2.45, 2.75) is 19.6 Å². The van der Waals surface area contributed by atoms with E-state index in [4.69, 9.17) is 0 Å². The highest BCUT2D eigenvalue weighted by atomic mass is 19.1. The van der Waals surface area contributed by atoms with Crippen LogP contribution in [0, 0.1) is 0 Å². The van der Waals surface area contributed by atoms with Crippen LogP contribution in [-0.2, 0) is 19.6 Å². The lowest BCUT2D eigenvalue weighted by Gasteiger charge is -2.10. The SMILES string of the molecule is O=c1n(CC=CF)c(=O)n(CC=CF)c(=O)n1CC=CF. The summed E-state index contributed by atoms with van der Waals surface area (Å²) in [5.41, 5.74) is -3.04. The summed E-state index contributed by atoms with van der Waals surface area (Å²) >= 11 is 0. The number of aromatic nitrogens is 3. The number of hydrogen-bond acceptors (Lipinski definition) is 3. The van der Waals surface area contributed by atoms with E-state index in [0.29, 0.717) is 13.7 Å². The predicted molar refractivity (Wildman–Crippen MR) is 70.0 cm³/mol. The molecule has 0 N–H and O–H groups in total. The molecule has 1 heterocycles. The van der Waals surface area contributed by atoms with Crippen LogP contribution in [0.25, 0.3) is 0 Å². The zero-order chi connectivity index (χ0) is 15.8. The Morgan fingerprint density at radius 3 is 1.05 bits per heavy atom. The van der Waals surface area contributed by atoms with Crippen LogP contribution in [-0.4, -0.2) is 13.7 Å². The van der Waals surface area contributed by atoms with Crippen molar-refractivity contribution in [3.8, 4) is 0 Å². The van der Waals surface area contributed by atoms with Gasteiger partial charge in [0, 0.05) is 0 Å². The van der Waals surface area contributed by atoms with Gasteiger partial charge in [-0.15, -0.1) is 0 Å². The van der Waals surface area contributed by atoms with Gasteiger partial charge in [-0.25, -0.2) is 41.3 Å². The molecule has 6 nitrogen and oxygen atoms in total. The Morgan fingerprint density at radius 2 is 0.857 bits per heavy atom. The molecule has 0 aliphatic heterocycles. The second kappa shape index (κ2) is 7.88. The lowest BCUT2D eigenvalue weighted by Crippen LogP contribution is -2.54. The van der Waals surface area contributed by atoms with Gasteiger partial charge in [-0.1, -0.05) is 0 Å². The van der Waals surface area contributed by atoms with Gasteiger partial charge >= 0.3 is 17.1 Å². The first-order valence-corrected chi connectivity index (χ1v) is 5.78. The molecular weight excluding hydrogens is 291 g/mol. The largest absolute Gasteiger partial charge is 0.336 e. The highest BCUT2D eigenvalue weighted by Gasteiger charge is 2.13. The predicted octanol–water partition coefficient (Wildman–Crippen LogP) is 0.621. The topological polar surface area (TPSA) is 66.0 Å². The first kappa shape index (κ1) is 16.5. The first-order chi connectivity index (χ1) is 10.1. The Labute approximate surface area is 116 Å². The van der Waals surface area contributed by atoms with Crippen molar-refractivity contribution in [1.82, 2.24) is 13.7 Å². The molecule has 21 heavy (non-hydrogen) atoms. The molecule has 114 valence electrons. The van der Waals surface area contributed by atoms with Crippen molar-refractivity contribution in [3.05, 3.63) is 68.7 Å². The van der Waals surface area contributed by atoms with Crippen molar-refractivity contribution in [1.29, 1.82) is 0 Å². The fraction of sp³-hybridized carbons (Fsp3) is 0.250. The molecule has 1 rings (SSSR count). The molecule has 0 atom stereocenters. The Balaban J connectivity index is 3.61. The molecule has 0 saturated carbocycles. The second-order valence-electron chi connectivity index (χ2n) is 3.76. The van der Waals surface area contributed by atoms with Crippen LogP contribution in [0.3, 0.4) is 0 Å². The van der Waals surface area contributed by atoms with Gasteiger partial charge < -0.3 is 0 Å². The molecule has 0 amide bonds. The maximum absolute atomic E-state index is 12.0. The summed E-state index contributed by atoms with van der Waals surface area (Å²) in [5, 5.41) is 0. The first-order valence-electron chi connectivity index (χ1n) is 5.78. The monoisotopic (exact) mass is 303 g/mol. The fourth-order valence-corrected chi connectivity index (χ4v) is 1.59. The minimum atomic E-state index is -1.01. The van der Waals surface area contributed by atoms with Gasteiger partial charge in [0.25, 0.3) is 0 Å². The second-order valence-corrected chi connectivity index (χ2v) is 3.76. The van der Waals surface area contributed by atoms with E-state index in [-0.39, 0.29) is 19.0 Å². The van der Waals surface area contributed by atoms with Crippen LogP contribution in [0.1, 0.15) is 0 Å². The molecule has 0 bridgehead atoms. The maximum Gasteiger partial charge on any atom is 0.336 e. The van der Waals surface area contributed by atoms with Crippen LogP contribution >= 0.6 is 0 Å². The molecule has 1 aromatic heterocycles. The quantitative estimate of drug-likeness (QED) is 0.774. The molecule has 0 unspecified atom stereocenters. The molecule has 9 heteroatoms. The fourth-order valence-electron chi connectivity index (χ4n) is 1.59. The molecule has 0 aromatic carbocycles. The molecular formula is C12H12F3N3O3. The smallest absolute Gasteiger partial charge is 0.247 e. The normalized spacial score (nSPS) is 12.1. The Bertz CT molecular complexity index is 611. The Hall–Kier alpha value is -2.58. The van der Waals surface area contributed by atoms with Crippen molar-refractivity contribution in [2.75, 3.05) is 0 Å². The van der Waals surface area contributed by atoms with E-state index in [2.05, 4.69) is 0 Å². The molecule has 1 aromatic rings. The summed E-state index contributed by atoms with van der Waals surface area (Å²) in [6.45, 7) is -1.23. The van der Waals surface area contributed by atoms with Gasteiger partial charge in [0.2, 0.25) is 0 Å². The van der Waals surface area contributed by atoms with Gasteiger partial charge in [0.15, 0.2) is 0 Å². The third-order valence-corrected chi connectivity index (χ3v) is 2.52. The highest BCUT2D eigenvalue weighted by molar-refractivity contribution is 4.88. The zero-order valence-corrected chi connectivity index (χ0v) is 10.8. The van der Waals surface area contributed by atoms with Gasteiger partial charge in [0.1, 0.15) is 0 Å². The van der Waals surface area contributed by atoms with Crippen LogP contribution in [0.4, 0.5) is 13.2 Å². The third kappa shape index (κ3) is 3.71. The van der Waals surface area contributed by atoms with Crippen molar-refractivity contribution < 1.29 is 13.2 Å². The lowest BCUT2D eigenvalue weighted by molar-refractivity contribution is 0.497. The summed E-state index contributed by atoms with van der Waals surface area (Å²) in [6.07, 6.45) is 3.06. The number of rotatable bonds is 6. The van der Waals surface area contributed by atoms with Gasteiger partial charge in [0.05, 0.1) is 38.6 Å². The van der Waals surface area contributed by atoms with Crippen molar-refractivity contribution in [3.63, 3.8) is 0 Å². The van der Waals surface area contributed by atoms with Crippen molar-refractivity contribution in [2.24, 2.45) is 0 Å². The van der Waals surface area contributed by atoms with E-state index < -0.39 is 36.7 Å². The summed E-state index contributed by atoms with van der Waals surface area (Å²) in [6, 6.07) is 0. The van der Waals surface area contributed by atoms with Crippen LogP contribution in [0.5, 0.6) is 0 Å². The average Bonchev–Trinajstić information content (AvgIpc) is 2.47. The van der Waals surface area contributed by atoms with Gasteiger partial charge in [-0.2, -0.15) is 0 Å². The summed E-state index contributed by atoms with van der Waals surface area (Å²) in [4.78, 5) is 35.9. The van der Waals surface area contributed by atoms with E-state index in [0.717, 1.165) is 18.2 Å². The number of hydrogen-bond donors (Lipinski definition) is 0. The Kier molecular flexibility index (Phi) is 6.18. The molecule has 0 fully saturated rings. The highest BCUT2D eigenvalue weighted by Crippen LogP contribution is 1.84. The molecule has 0 radical (unpaired) electrons. The van der Waals surface area contributed by atoms with E-state index in [9.17, 15) is 27.6 Å². The van der Waals surface area contributed by atoms with Crippen LogP contribution in [0.2, 0.25) is 0 Å². The Morgan fingerprint density at radius 1 is 0.619 bits per heavy atom. The minimum absolute atomic E-state index is 0.134. The minimum Gasteiger partial charge on any atom is -0.247 e. The van der Waals surface area contributed by atoms with Crippen molar-refractivity contribution >= 4 is 0 Å². The molecule has 0 saturated heterocycles. The summed E-state index contributed by atoms with van der Waals surface area (Å²) < 4.78 is 37.8. The van der Waals surface area contributed by atoms with Gasteiger partial charge in [-0.05, 0) is 18.2 Å².